The lowest BCUT2D eigenvalue weighted by atomic mass is 9.43. The van der Waals surface area contributed by atoms with Gasteiger partial charge in [-0.05, 0) is 56.8 Å². The summed E-state index contributed by atoms with van der Waals surface area (Å²) in [4.78, 5) is 12.5. The van der Waals surface area contributed by atoms with E-state index in [9.17, 15) is 9.90 Å². The lowest BCUT2D eigenvalue weighted by molar-refractivity contribution is -0.287. The summed E-state index contributed by atoms with van der Waals surface area (Å²) in [5.41, 5.74) is -1.22. The van der Waals surface area contributed by atoms with E-state index in [4.69, 9.17) is 4.74 Å². The first-order valence-corrected chi connectivity index (χ1v) is 9.05. The summed E-state index contributed by atoms with van der Waals surface area (Å²) >= 11 is 0. The van der Waals surface area contributed by atoms with Crippen LogP contribution in [-0.2, 0) is 9.53 Å². The van der Waals surface area contributed by atoms with Gasteiger partial charge >= 0.3 is 0 Å². The van der Waals surface area contributed by atoms with Crippen LogP contribution in [-0.4, -0.2) is 28.2 Å². The second-order valence-electron chi connectivity index (χ2n) is 9.35. The molecule has 3 nitrogen and oxygen atoms in total. The van der Waals surface area contributed by atoms with Gasteiger partial charge in [-0.25, -0.2) is 0 Å². The molecule has 23 heavy (non-hydrogen) atoms. The van der Waals surface area contributed by atoms with Crippen LogP contribution in [0, 0.1) is 22.7 Å². The van der Waals surface area contributed by atoms with E-state index < -0.39 is 11.7 Å². The third-order valence-corrected chi connectivity index (χ3v) is 7.70. The predicted molar refractivity (Wildman–Crippen MR) is 91.1 cm³/mol. The molecule has 2 saturated carbocycles. The van der Waals surface area contributed by atoms with Crippen molar-refractivity contribution in [3.8, 4) is 0 Å². The zero-order valence-corrected chi connectivity index (χ0v) is 15.3. The Kier molecular flexibility index (Phi) is 3.67. The number of hydrogen-bond donors (Lipinski definition) is 1. The van der Waals surface area contributed by atoms with Crippen LogP contribution in [0.2, 0.25) is 0 Å². The summed E-state index contributed by atoms with van der Waals surface area (Å²) in [6, 6.07) is 0. The molecule has 1 saturated heterocycles. The van der Waals surface area contributed by atoms with Crippen molar-refractivity contribution in [2.45, 2.75) is 84.0 Å². The topological polar surface area (TPSA) is 46.5 Å². The largest absolute Gasteiger partial charge is 0.390 e. The number of carbonyl (C=O) groups is 1. The molecule has 1 aliphatic heterocycles. The van der Waals surface area contributed by atoms with Gasteiger partial charge in [-0.15, -0.1) is 6.58 Å². The maximum Gasteiger partial charge on any atom is 0.138 e. The lowest BCUT2D eigenvalue weighted by Gasteiger charge is -2.65. The fourth-order valence-electron chi connectivity index (χ4n) is 6.11. The van der Waals surface area contributed by atoms with E-state index in [-0.39, 0.29) is 28.3 Å². The van der Waals surface area contributed by atoms with Gasteiger partial charge in [-0.2, -0.15) is 0 Å². The van der Waals surface area contributed by atoms with E-state index in [1.807, 2.05) is 6.08 Å². The molecule has 0 spiro atoms. The number of ether oxygens (including phenoxy) is 1. The molecule has 6 atom stereocenters. The van der Waals surface area contributed by atoms with Crippen molar-refractivity contribution >= 4 is 5.78 Å². The van der Waals surface area contributed by atoms with Crippen LogP contribution < -0.4 is 0 Å². The predicted octanol–water partition coefficient (Wildman–Crippen LogP) is 3.89. The number of rotatable bonds is 1. The van der Waals surface area contributed by atoms with Crippen LogP contribution in [0.1, 0.15) is 66.7 Å². The third kappa shape index (κ3) is 2.19. The Balaban J connectivity index is 2.03. The average molecular weight is 320 g/mol. The van der Waals surface area contributed by atoms with Gasteiger partial charge in [0.1, 0.15) is 5.78 Å². The van der Waals surface area contributed by atoms with Crippen LogP contribution in [0.15, 0.2) is 12.7 Å². The number of hydrogen-bond acceptors (Lipinski definition) is 3. The number of carbonyl (C=O) groups excluding carboxylic acids is 1. The summed E-state index contributed by atoms with van der Waals surface area (Å²) < 4.78 is 6.48. The lowest BCUT2D eigenvalue weighted by Crippen LogP contribution is -2.68. The maximum absolute atomic E-state index is 12.5. The van der Waals surface area contributed by atoms with Crippen LogP contribution in [0.4, 0.5) is 0 Å². The van der Waals surface area contributed by atoms with E-state index in [0.717, 1.165) is 19.3 Å². The summed E-state index contributed by atoms with van der Waals surface area (Å²) in [6.07, 6.45) is 5.52. The van der Waals surface area contributed by atoms with E-state index in [1.54, 1.807) is 0 Å². The molecule has 3 rings (SSSR count). The summed E-state index contributed by atoms with van der Waals surface area (Å²) in [7, 11) is 0. The van der Waals surface area contributed by atoms with Gasteiger partial charge < -0.3 is 9.84 Å². The first kappa shape index (κ1) is 17.2. The van der Waals surface area contributed by atoms with Crippen molar-refractivity contribution in [1.82, 2.24) is 0 Å². The molecule has 0 aromatic carbocycles. The smallest absolute Gasteiger partial charge is 0.138 e. The second kappa shape index (κ2) is 4.92. The number of aliphatic hydroxyl groups is 1. The zero-order chi connectivity index (χ0) is 17.3. The van der Waals surface area contributed by atoms with E-state index in [2.05, 4.69) is 41.2 Å². The summed E-state index contributed by atoms with van der Waals surface area (Å²) in [6.45, 7) is 14.6. The third-order valence-electron chi connectivity index (χ3n) is 7.70. The molecule has 0 unspecified atom stereocenters. The molecular weight excluding hydrogens is 288 g/mol. The minimum Gasteiger partial charge on any atom is -0.390 e. The van der Waals surface area contributed by atoms with Gasteiger partial charge in [0, 0.05) is 11.8 Å². The van der Waals surface area contributed by atoms with E-state index in [0.29, 0.717) is 18.6 Å². The fourth-order valence-corrected chi connectivity index (χ4v) is 6.11. The Morgan fingerprint density at radius 2 is 1.83 bits per heavy atom. The molecule has 1 N–H and O–H groups in total. The van der Waals surface area contributed by atoms with Gasteiger partial charge in [-0.3, -0.25) is 4.79 Å². The highest BCUT2D eigenvalue weighted by atomic mass is 16.5. The van der Waals surface area contributed by atoms with Crippen LogP contribution in [0.25, 0.3) is 0 Å². The number of aliphatic hydroxyl groups excluding tert-OH is 1. The molecular formula is C20H32O3. The SMILES string of the molecule is C=C[C@@]1(C)CC[C@@H]2[C@]3(C)CCC(=O)C(C)(C)[C@H]3C[C@@H](O)[C@]2(C)O1. The highest BCUT2D eigenvalue weighted by Crippen LogP contribution is 2.64. The fraction of sp³-hybridized carbons (Fsp3) is 0.850. The first-order chi connectivity index (χ1) is 10.5. The molecule has 3 heteroatoms. The van der Waals surface area contributed by atoms with Gasteiger partial charge in [0.15, 0.2) is 0 Å². The van der Waals surface area contributed by atoms with Crippen molar-refractivity contribution in [3.05, 3.63) is 12.7 Å². The van der Waals surface area contributed by atoms with E-state index in [1.165, 1.54) is 0 Å². The van der Waals surface area contributed by atoms with E-state index >= 15 is 0 Å². The molecule has 3 fully saturated rings. The molecule has 1 heterocycles. The Hall–Kier alpha value is -0.670. The molecule has 0 amide bonds. The first-order valence-electron chi connectivity index (χ1n) is 9.05. The molecule has 0 bridgehead atoms. The second-order valence-corrected chi connectivity index (χ2v) is 9.35. The quantitative estimate of drug-likeness (QED) is 0.746. The minimum absolute atomic E-state index is 0.0495. The van der Waals surface area contributed by atoms with Gasteiger partial charge in [0.2, 0.25) is 0 Å². The van der Waals surface area contributed by atoms with Crippen LogP contribution >= 0.6 is 0 Å². The molecule has 0 aromatic rings. The Morgan fingerprint density at radius 3 is 2.43 bits per heavy atom. The standard InChI is InChI=1S/C20H32O3/c1-7-18(4)10-8-13-19(5)11-9-15(21)17(2,3)14(19)12-16(22)20(13,6)23-18/h7,13-14,16,22H,1,8-12H2,2-6H3/t13-,14-,16-,18+,19+,20-/m1/s1. The van der Waals surface area contributed by atoms with Crippen molar-refractivity contribution in [1.29, 1.82) is 0 Å². The number of fused-ring (bicyclic) bond motifs is 3. The zero-order valence-electron chi connectivity index (χ0n) is 15.3. The Bertz CT molecular complexity index is 539. The van der Waals surface area contributed by atoms with Crippen molar-refractivity contribution in [3.63, 3.8) is 0 Å². The van der Waals surface area contributed by atoms with Crippen LogP contribution in [0.3, 0.4) is 0 Å². The van der Waals surface area contributed by atoms with Gasteiger partial charge in [0.25, 0.3) is 0 Å². The molecule has 0 radical (unpaired) electrons. The molecule has 0 aromatic heterocycles. The molecule has 2 aliphatic carbocycles. The van der Waals surface area contributed by atoms with Crippen LogP contribution in [0.5, 0.6) is 0 Å². The van der Waals surface area contributed by atoms with Gasteiger partial charge in [-0.1, -0.05) is 26.8 Å². The van der Waals surface area contributed by atoms with Crippen molar-refractivity contribution in [2.24, 2.45) is 22.7 Å². The van der Waals surface area contributed by atoms with Crippen molar-refractivity contribution in [2.75, 3.05) is 0 Å². The minimum atomic E-state index is -0.553. The highest BCUT2D eigenvalue weighted by Gasteiger charge is 2.65. The maximum atomic E-state index is 12.5. The molecule has 130 valence electrons. The van der Waals surface area contributed by atoms with Crippen molar-refractivity contribution < 1.29 is 14.6 Å². The summed E-state index contributed by atoms with van der Waals surface area (Å²) in [5.74, 6) is 0.855. The highest BCUT2D eigenvalue weighted by molar-refractivity contribution is 5.85. The monoisotopic (exact) mass is 320 g/mol. The number of ketones is 1. The summed E-state index contributed by atoms with van der Waals surface area (Å²) in [5, 5.41) is 11.0. The average Bonchev–Trinajstić information content (AvgIpc) is 2.47. The molecule has 3 aliphatic rings. The van der Waals surface area contributed by atoms with Gasteiger partial charge in [0.05, 0.1) is 17.3 Å². The Morgan fingerprint density at radius 1 is 1.17 bits per heavy atom. The number of Topliss-reactive ketones (excluding diaryl/α,β-unsaturated/α-hetero) is 1. The Labute approximate surface area is 140 Å². The normalized spacial score (nSPS) is 52.4.